The molecule has 1 aliphatic carbocycles. The number of fused-ring (bicyclic) bond motifs is 1. The Bertz CT molecular complexity index is 1650. The Labute approximate surface area is 273 Å². The van der Waals surface area contributed by atoms with Gasteiger partial charge in [0.15, 0.2) is 0 Å². The second kappa shape index (κ2) is 14.1. The Hall–Kier alpha value is -3.20. The van der Waals surface area contributed by atoms with E-state index < -0.39 is 22.2 Å². The molecule has 0 spiro atoms. The summed E-state index contributed by atoms with van der Waals surface area (Å²) in [6.45, 7) is 5.19. The predicted octanol–water partition coefficient (Wildman–Crippen LogP) is 3.45. The third-order valence-corrected chi connectivity index (χ3v) is 9.97. The summed E-state index contributed by atoms with van der Waals surface area (Å²) in [6.07, 6.45) is 2.43. The highest BCUT2D eigenvalue weighted by molar-refractivity contribution is 7.88. The minimum atomic E-state index is -3.53. The summed E-state index contributed by atoms with van der Waals surface area (Å²) < 4.78 is 38.1. The number of benzene rings is 2. The molecule has 45 heavy (non-hydrogen) atoms. The molecule has 1 aliphatic heterocycles. The summed E-state index contributed by atoms with van der Waals surface area (Å²) in [5.74, 6) is 0.270. The second-order valence-electron chi connectivity index (χ2n) is 11.2. The third-order valence-electron chi connectivity index (χ3n) is 8.13. The van der Waals surface area contributed by atoms with Gasteiger partial charge in [-0.2, -0.15) is 9.29 Å². The highest BCUT2D eigenvalue weighted by Gasteiger charge is 2.40. The van der Waals surface area contributed by atoms with Gasteiger partial charge in [-0.3, -0.25) is 9.69 Å². The summed E-state index contributed by atoms with van der Waals surface area (Å²) in [5, 5.41) is 6.39. The number of nitrogens with zero attached hydrogens (tertiary/aromatic N) is 5. The first-order chi connectivity index (χ1) is 21.4. The number of likely N-dealkylation sites (N-methyl/N-ethyl adjacent to an activating group) is 2. The van der Waals surface area contributed by atoms with Crippen LogP contribution in [-0.4, -0.2) is 111 Å². The number of rotatable bonds is 11. The normalized spacial score (nSPS) is 18.9. The number of piperazine rings is 1. The van der Waals surface area contributed by atoms with Crippen molar-refractivity contribution in [2.75, 3.05) is 72.0 Å². The summed E-state index contributed by atoms with van der Waals surface area (Å²) in [4.78, 5) is 26.3. The number of nitrogens with one attached hydrogen (secondary N) is 2. The van der Waals surface area contributed by atoms with Gasteiger partial charge in [-0.05, 0) is 30.3 Å². The van der Waals surface area contributed by atoms with E-state index in [-0.39, 0.29) is 33.3 Å². The number of ether oxygens (including phenoxy) is 2. The maximum absolute atomic E-state index is 13.0. The van der Waals surface area contributed by atoms with Crippen molar-refractivity contribution in [3.63, 3.8) is 0 Å². The Morgan fingerprint density at radius 3 is 2.58 bits per heavy atom. The van der Waals surface area contributed by atoms with Crippen LogP contribution in [0, 0.1) is 0 Å². The smallest absolute Gasteiger partial charge is 0.252 e. The molecule has 1 fully saturated rings. The standard InChI is InChI=1S/C30H37Cl2N7O5S/c1-37-11-13-39(14-12-37)10-9-33-28(40)21-16-25(43-3)24(17-22(21)31)35-30-34-18-23(32)29(36-30)44-26-15-19-7-5-6-8-20(19)27(26)38(2)45(4,41)42/h5-8,16-18,26-27H,9-15H2,1-4H3,(H,33,40)(H,34,35,36)/t26-,27-/m1/s1. The molecule has 0 radical (unpaired) electrons. The van der Waals surface area contributed by atoms with Crippen molar-refractivity contribution in [2.24, 2.45) is 0 Å². The van der Waals surface area contributed by atoms with Crippen LogP contribution < -0.4 is 20.1 Å². The largest absolute Gasteiger partial charge is 0.495 e. The first kappa shape index (κ1) is 33.2. The molecule has 2 heterocycles. The van der Waals surface area contributed by atoms with Crippen molar-refractivity contribution in [3.8, 4) is 11.6 Å². The van der Waals surface area contributed by atoms with E-state index in [0.717, 1.165) is 50.1 Å². The fraction of sp³-hybridized carbons (Fsp3) is 0.433. The molecular formula is C30H37Cl2N7O5S. The first-order valence-electron chi connectivity index (χ1n) is 14.5. The van der Waals surface area contributed by atoms with Crippen LogP contribution >= 0.6 is 23.2 Å². The lowest BCUT2D eigenvalue weighted by Gasteiger charge is -2.32. The van der Waals surface area contributed by atoms with Gasteiger partial charge in [0.05, 0.1) is 41.9 Å². The van der Waals surface area contributed by atoms with Crippen LogP contribution in [0.5, 0.6) is 11.6 Å². The molecule has 0 bridgehead atoms. The molecule has 12 nitrogen and oxygen atoms in total. The number of carbonyl (C=O) groups is 1. The number of methoxy groups -OCH3 is 1. The lowest BCUT2D eigenvalue weighted by molar-refractivity contribution is 0.0941. The maximum atomic E-state index is 13.0. The van der Waals surface area contributed by atoms with Crippen LogP contribution in [0.3, 0.4) is 0 Å². The molecule has 0 unspecified atom stereocenters. The summed E-state index contributed by atoms with van der Waals surface area (Å²) in [6, 6.07) is 10.2. The zero-order chi connectivity index (χ0) is 32.3. The second-order valence-corrected chi connectivity index (χ2v) is 14.0. The van der Waals surface area contributed by atoms with E-state index in [2.05, 4.69) is 37.4 Å². The molecule has 3 aromatic rings. The molecule has 2 N–H and O–H groups in total. The van der Waals surface area contributed by atoms with E-state index in [4.69, 9.17) is 32.7 Å². The van der Waals surface area contributed by atoms with Crippen LogP contribution in [0.25, 0.3) is 0 Å². The first-order valence-corrected chi connectivity index (χ1v) is 17.1. The number of anilines is 2. The van der Waals surface area contributed by atoms with Crippen LogP contribution in [-0.2, 0) is 16.4 Å². The van der Waals surface area contributed by atoms with E-state index in [1.165, 1.54) is 24.7 Å². The average molecular weight is 679 g/mol. The number of carbonyl (C=O) groups excluding carboxylic acids is 1. The van der Waals surface area contributed by atoms with Crippen LogP contribution in [0.1, 0.15) is 27.5 Å². The van der Waals surface area contributed by atoms with E-state index in [1.54, 1.807) is 12.1 Å². The van der Waals surface area contributed by atoms with E-state index in [1.807, 2.05) is 24.3 Å². The van der Waals surface area contributed by atoms with Gasteiger partial charge in [0, 0.05) is 52.7 Å². The SMILES string of the molecule is COc1cc(C(=O)NCCN2CCN(C)CC2)c(Cl)cc1Nc1ncc(Cl)c(O[C@@H]2Cc3ccccc3[C@H]2N(C)S(C)(=O)=O)n1. The molecule has 1 saturated heterocycles. The number of aromatic nitrogens is 2. The van der Waals surface area contributed by atoms with E-state index in [0.29, 0.717) is 24.4 Å². The summed E-state index contributed by atoms with van der Waals surface area (Å²) in [7, 11) is 1.58. The molecule has 2 aliphatic rings. The monoisotopic (exact) mass is 677 g/mol. The number of halogens is 2. The molecule has 5 rings (SSSR count). The molecular weight excluding hydrogens is 641 g/mol. The lowest BCUT2D eigenvalue weighted by Crippen LogP contribution is -2.46. The molecule has 2 atom stereocenters. The lowest BCUT2D eigenvalue weighted by atomic mass is 10.1. The van der Waals surface area contributed by atoms with Gasteiger partial charge >= 0.3 is 0 Å². The molecule has 15 heteroatoms. The third kappa shape index (κ3) is 7.79. The van der Waals surface area contributed by atoms with Gasteiger partial charge in [-0.1, -0.05) is 47.5 Å². The summed E-state index contributed by atoms with van der Waals surface area (Å²) in [5.41, 5.74) is 2.55. The summed E-state index contributed by atoms with van der Waals surface area (Å²) >= 11 is 13.0. The minimum Gasteiger partial charge on any atom is -0.495 e. The number of sulfonamides is 1. The van der Waals surface area contributed by atoms with Crippen molar-refractivity contribution in [1.29, 1.82) is 0 Å². The highest BCUT2D eigenvalue weighted by atomic mass is 35.5. The Kier molecular flexibility index (Phi) is 10.4. The molecule has 2 aromatic carbocycles. The Balaban J connectivity index is 1.30. The molecule has 0 saturated carbocycles. The van der Waals surface area contributed by atoms with Gasteiger partial charge in [0.25, 0.3) is 5.91 Å². The Morgan fingerprint density at radius 2 is 1.87 bits per heavy atom. The fourth-order valence-corrected chi connectivity index (χ4v) is 6.57. The van der Waals surface area contributed by atoms with Crippen molar-refractivity contribution < 1.29 is 22.7 Å². The van der Waals surface area contributed by atoms with Crippen molar-refractivity contribution in [3.05, 3.63) is 69.3 Å². The van der Waals surface area contributed by atoms with Crippen LogP contribution in [0.15, 0.2) is 42.6 Å². The van der Waals surface area contributed by atoms with Gasteiger partial charge in [0.1, 0.15) is 16.9 Å². The van der Waals surface area contributed by atoms with Crippen molar-refractivity contribution >= 4 is 50.8 Å². The van der Waals surface area contributed by atoms with Crippen molar-refractivity contribution in [2.45, 2.75) is 18.6 Å². The zero-order valence-corrected chi connectivity index (χ0v) is 27.9. The van der Waals surface area contributed by atoms with Crippen LogP contribution in [0.2, 0.25) is 10.0 Å². The predicted molar refractivity (Wildman–Crippen MR) is 175 cm³/mol. The molecule has 242 valence electrons. The number of hydrogen-bond donors (Lipinski definition) is 2. The zero-order valence-electron chi connectivity index (χ0n) is 25.6. The quantitative estimate of drug-likeness (QED) is 0.311. The number of amides is 1. The van der Waals surface area contributed by atoms with Crippen LogP contribution in [0.4, 0.5) is 11.6 Å². The van der Waals surface area contributed by atoms with E-state index >= 15 is 0 Å². The fourth-order valence-electron chi connectivity index (χ4n) is 5.53. The molecule has 1 amide bonds. The van der Waals surface area contributed by atoms with Gasteiger partial charge in [0.2, 0.25) is 21.9 Å². The average Bonchev–Trinajstić information content (AvgIpc) is 3.36. The van der Waals surface area contributed by atoms with Gasteiger partial charge in [-0.15, -0.1) is 0 Å². The van der Waals surface area contributed by atoms with Gasteiger partial charge in [-0.25, -0.2) is 13.4 Å². The molecule has 1 aromatic heterocycles. The maximum Gasteiger partial charge on any atom is 0.252 e. The number of hydrogen-bond acceptors (Lipinski definition) is 10. The highest BCUT2D eigenvalue weighted by Crippen LogP contribution is 2.40. The minimum absolute atomic E-state index is 0.0836. The van der Waals surface area contributed by atoms with Crippen molar-refractivity contribution in [1.82, 2.24) is 29.4 Å². The topological polar surface area (TPSA) is 129 Å². The van der Waals surface area contributed by atoms with Gasteiger partial charge < -0.3 is 25.0 Å². The van der Waals surface area contributed by atoms with E-state index in [9.17, 15) is 13.2 Å². The Morgan fingerprint density at radius 1 is 1.13 bits per heavy atom.